The molecule has 1 aliphatic heterocycles. The lowest BCUT2D eigenvalue weighted by Crippen LogP contribution is -2.47. The number of hydrogen-bond donors (Lipinski definition) is 1. The third-order valence-corrected chi connectivity index (χ3v) is 2.48. The molecule has 0 atom stereocenters. The first-order valence-corrected chi connectivity index (χ1v) is 4.71. The molecule has 0 aliphatic carbocycles. The van der Waals surface area contributed by atoms with Crippen LogP contribution in [0.15, 0.2) is 10.6 Å². The van der Waals surface area contributed by atoms with Gasteiger partial charge in [-0.2, -0.15) is 0 Å². The van der Waals surface area contributed by atoms with E-state index in [1.54, 1.807) is 0 Å². The lowest BCUT2D eigenvalue weighted by Gasteiger charge is -2.38. The van der Waals surface area contributed by atoms with Gasteiger partial charge in [-0.1, -0.05) is 30.1 Å². The molecule has 1 saturated heterocycles. The summed E-state index contributed by atoms with van der Waals surface area (Å²) in [4.78, 5) is 0. The fraction of sp³-hybridized carbons (Fsp3) is 0.750. The first kappa shape index (κ1) is 10.3. The smallest absolute Gasteiger partial charge is 0.0554 e. The Morgan fingerprint density at radius 2 is 2.33 bits per heavy atom. The monoisotopic (exact) mass is 209 g/mol. The zero-order chi connectivity index (χ0) is 9.03. The highest BCUT2D eigenvalue weighted by Gasteiger charge is 2.32. The van der Waals surface area contributed by atoms with Gasteiger partial charge in [0.2, 0.25) is 0 Å². The van der Waals surface area contributed by atoms with Crippen LogP contribution in [0, 0.1) is 5.41 Å². The highest BCUT2D eigenvalue weighted by Crippen LogP contribution is 2.25. The van der Waals surface area contributed by atoms with Crippen molar-refractivity contribution in [3.8, 4) is 0 Å². The van der Waals surface area contributed by atoms with Crippen molar-refractivity contribution < 1.29 is 4.74 Å². The van der Waals surface area contributed by atoms with E-state index in [1.165, 1.54) is 5.54 Å². The molecule has 1 rings (SSSR count). The van der Waals surface area contributed by atoms with E-state index in [9.17, 15) is 0 Å². The van der Waals surface area contributed by atoms with Crippen molar-refractivity contribution in [2.45, 2.75) is 6.92 Å². The Bertz CT molecular complexity index is 178. The normalized spacial score (nSPS) is 22.1. The van der Waals surface area contributed by atoms with Gasteiger partial charge in [0, 0.05) is 29.1 Å². The molecule has 0 aromatic carbocycles. The Morgan fingerprint density at radius 1 is 1.67 bits per heavy atom. The molecule has 0 spiro atoms. The molecule has 12 heavy (non-hydrogen) atoms. The average Bonchev–Trinajstić information content (AvgIpc) is 2.01. The molecule has 2 nitrogen and oxygen atoms in total. The van der Waals surface area contributed by atoms with Crippen molar-refractivity contribution in [2.75, 3.05) is 26.3 Å². The fourth-order valence-corrected chi connectivity index (χ4v) is 1.25. The van der Waals surface area contributed by atoms with Crippen molar-refractivity contribution in [3.63, 3.8) is 0 Å². The first-order chi connectivity index (χ1) is 5.66. The number of hydrogen-bond acceptors (Lipinski definition) is 2. The minimum Gasteiger partial charge on any atom is -0.380 e. The van der Waals surface area contributed by atoms with Gasteiger partial charge in [-0.05, 0) is 0 Å². The zero-order valence-electron chi connectivity index (χ0n) is 7.07. The highest BCUT2D eigenvalue weighted by molar-refractivity contribution is 6.36. The highest BCUT2D eigenvalue weighted by atomic mass is 35.5. The summed E-state index contributed by atoms with van der Waals surface area (Å²) < 4.78 is 5.11. The third kappa shape index (κ3) is 2.94. The molecule has 70 valence electrons. The second kappa shape index (κ2) is 4.47. The van der Waals surface area contributed by atoms with Gasteiger partial charge in [-0.25, -0.2) is 0 Å². The van der Waals surface area contributed by atoms with E-state index < -0.39 is 0 Å². The van der Waals surface area contributed by atoms with E-state index in [0.29, 0.717) is 17.0 Å². The van der Waals surface area contributed by atoms with Crippen LogP contribution in [0.2, 0.25) is 0 Å². The minimum absolute atomic E-state index is 0.295. The van der Waals surface area contributed by atoms with E-state index in [2.05, 4.69) is 12.2 Å². The summed E-state index contributed by atoms with van der Waals surface area (Å²) in [5, 5.41) is 3.85. The number of rotatable bonds is 4. The Labute approximate surface area is 82.9 Å². The SMILES string of the molecule is CC1(CNCC(Cl)=CCl)COC1. The van der Waals surface area contributed by atoms with Crippen LogP contribution in [0.25, 0.3) is 0 Å². The Hall–Kier alpha value is 0.240. The summed E-state index contributed by atoms with van der Waals surface area (Å²) in [6, 6.07) is 0. The van der Waals surface area contributed by atoms with Crippen LogP contribution in [0.5, 0.6) is 0 Å². The second-order valence-electron chi connectivity index (χ2n) is 3.46. The summed E-state index contributed by atoms with van der Waals surface area (Å²) >= 11 is 11.1. The van der Waals surface area contributed by atoms with Gasteiger partial charge in [0.25, 0.3) is 0 Å². The summed E-state index contributed by atoms with van der Waals surface area (Å²) in [5.41, 5.74) is 1.68. The molecular formula is C8H13Cl2NO. The molecule has 0 aromatic heterocycles. The molecule has 0 unspecified atom stereocenters. The molecule has 1 fully saturated rings. The predicted molar refractivity (Wildman–Crippen MR) is 51.6 cm³/mol. The van der Waals surface area contributed by atoms with Gasteiger partial charge in [0.15, 0.2) is 0 Å². The van der Waals surface area contributed by atoms with Crippen molar-refractivity contribution in [1.82, 2.24) is 5.32 Å². The lowest BCUT2D eigenvalue weighted by molar-refractivity contribution is -0.0986. The van der Waals surface area contributed by atoms with E-state index in [-0.39, 0.29) is 0 Å². The Morgan fingerprint density at radius 3 is 2.75 bits per heavy atom. The van der Waals surface area contributed by atoms with E-state index >= 15 is 0 Å². The molecule has 1 N–H and O–H groups in total. The Kier molecular flexibility index (Phi) is 3.84. The van der Waals surface area contributed by atoms with Crippen molar-refractivity contribution in [3.05, 3.63) is 10.6 Å². The maximum atomic E-state index is 5.69. The quantitative estimate of drug-likeness (QED) is 0.765. The van der Waals surface area contributed by atoms with E-state index in [0.717, 1.165) is 19.8 Å². The van der Waals surface area contributed by atoms with Crippen molar-refractivity contribution in [1.29, 1.82) is 0 Å². The van der Waals surface area contributed by atoms with Crippen LogP contribution >= 0.6 is 23.2 Å². The molecule has 0 saturated carbocycles. The fourth-order valence-electron chi connectivity index (χ4n) is 1.07. The number of nitrogens with one attached hydrogen (secondary N) is 1. The van der Waals surface area contributed by atoms with Crippen molar-refractivity contribution >= 4 is 23.2 Å². The van der Waals surface area contributed by atoms with Gasteiger partial charge in [-0.15, -0.1) is 0 Å². The standard InChI is InChI=1S/C8H13Cl2NO/c1-8(5-12-6-8)4-11-3-7(10)2-9/h2,11H,3-6H2,1H3. The van der Waals surface area contributed by atoms with Gasteiger partial charge in [-0.3, -0.25) is 0 Å². The number of ether oxygens (including phenoxy) is 1. The topological polar surface area (TPSA) is 21.3 Å². The molecule has 0 bridgehead atoms. The molecule has 0 radical (unpaired) electrons. The summed E-state index contributed by atoms with van der Waals surface area (Å²) in [6.45, 7) is 5.42. The molecule has 4 heteroatoms. The molecule has 1 heterocycles. The Balaban J connectivity index is 2.09. The summed E-state index contributed by atoms with van der Waals surface area (Å²) in [6.07, 6.45) is 0. The first-order valence-electron chi connectivity index (χ1n) is 3.89. The van der Waals surface area contributed by atoms with Crippen LogP contribution in [0.3, 0.4) is 0 Å². The van der Waals surface area contributed by atoms with Gasteiger partial charge < -0.3 is 10.1 Å². The van der Waals surface area contributed by atoms with Crippen LogP contribution in [-0.2, 0) is 4.74 Å². The molecular weight excluding hydrogens is 197 g/mol. The maximum Gasteiger partial charge on any atom is 0.0554 e. The van der Waals surface area contributed by atoms with Crippen LogP contribution < -0.4 is 5.32 Å². The van der Waals surface area contributed by atoms with E-state index in [1.807, 2.05) is 0 Å². The van der Waals surface area contributed by atoms with Crippen LogP contribution in [0.4, 0.5) is 0 Å². The lowest BCUT2D eigenvalue weighted by atomic mass is 9.89. The van der Waals surface area contributed by atoms with E-state index in [4.69, 9.17) is 27.9 Å². The summed E-state index contributed by atoms with van der Waals surface area (Å²) in [7, 11) is 0. The molecule has 1 aliphatic rings. The van der Waals surface area contributed by atoms with Gasteiger partial charge in [0.05, 0.1) is 13.2 Å². The minimum atomic E-state index is 0.295. The molecule has 0 amide bonds. The van der Waals surface area contributed by atoms with Crippen LogP contribution in [0.1, 0.15) is 6.92 Å². The van der Waals surface area contributed by atoms with Crippen molar-refractivity contribution in [2.24, 2.45) is 5.41 Å². The van der Waals surface area contributed by atoms with Gasteiger partial charge >= 0.3 is 0 Å². The zero-order valence-corrected chi connectivity index (χ0v) is 8.58. The van der Waals surface area contributed by atoms with Crippen LogP contribution in [-0.4, -0.2) is 26.3 Å². The third-order valence-electron chi connectivity index (χ3n) is 1.87. The largest absolute Gasteiger partial charge is 0.380 e. The maximum absolute atomic E-state index is 5.69. The predicted octanol–water partition coefficient (Wildman–Crippen LogP) is 1.93. The number of halogens is 2. The summed E-state index contributed by atoms with van der Waals surface area (Å²) in [5.74, 6) is 0. The molecule has 0 aromatic rings. The van der Waals surface area contributed by atoms with Gasteiger partial charge in [0.1, 0.15) is 0 Å². The second-order valence-corrected chi connectivity index (χ2v) is 4.17. The average molecular weight is 210 g/mol.